The van der Waals surface area contributed by atoms with E-state index >= 15 is 0 Å². The Bertz CT molecular complexity index is 631. The minimum atomic E-state index is -0.630. The Hall–Kier alpha value is -1.91. The molecule has 3 N–H and O–H groups in total. The summed E-state index contributed by atoms with van der Waals surface area (Å²) in [5.74, 6) is -0.943. The zero-order chi connectivity index (χ0) is 14.5. The van der Waals surface area contributed by atoms with Crippen molar-refractivity contribution in [2.75, 3.05) is 5.32 Å². The average molecular weight is 293 g/mol. The van der Waals surface area contributed by atoms with Gasteiger partial charge >= 0.3 is 0 Å². The number of hydrogen-bond acceptors (Lipinski definition) is 2. The third-order valence-corrected chi connectivity index (χ3v) is 3.21. The maximum atomic E-state index is 13.7. The number of benzene rings is 2. The summed E-state index contributed by atoms with van der Waals surface area (Å²) in [5, 5.41) is 2.49. The molecule has 2 aromatic carbocycles. The van der Waals surface area contributed by atoms with E-state index in [4.69, 9.17) is 17.3 Å². The van der Waals surface area contributed by atoms with Crippen LogP contribution in [0.25, 0.3) is 0 Å². The van der Waals surface area contributed by atoms with E-state index in [9.17, 15) is 9.18 Å². The van der Waals surface area contributed by atoms with Crippen molar-refractivity contribution < 1.29 is 9.18 Å². The third kappa shape index (κ3) is 3.35. The second kappa shape index (κ2) is 6.50. The molecule has 0 radical (unpaired) electrons. The van der Waals surface area contributed by atoms with Crippen molar-refractivity contribution in [3.05, 3.63) is 64.4 Å². The van der Waals surface area contributed by atoms with Crippen LogP contribution in [0.1, 0.15) is 11.1 Å². The number of halogens is 2. The van der Waals surface area contributed by atoms with Crippen LogP contribution in [-0.2, 0) is 17.8 Å². The van der Waals surface area contributed by atoms with Crippen molar-refractivity contribution in [3.8, 4) is 0 Å². The first-order chi connectivity index (χ1) is 9.61. The van der Waals surface area contributed by atoms with Crippen LogP contribution in [0.4, 0.5) is 10.1 Å². The van der Waals surface area contributed by atoms with Gasteiger partial charge in [-0.2, -0.15) is 0 Å². The number of nitrogens with two attached hydrogens (primary N) is 1. The molecule has 0 saturated carbocycles. The summed E-state index contributed by atoms with van der Waals surface area (Å²) in [5.41, 5.74) is 7.42. The predicted molar refractivity (Wildman–Crippen MR) is 78.1 cm³/mol. The van der Waals surface area contributed by atoms with E-state index in [0.29, 0.717) is 6.54 Å². The highest BCUT2D eigenvalue weighted by Gasteiger charge is 2.11. The lowest BCUT2D eigenvalue weighted by Crippen LogP contribution is -2.17. The molecular weight excluding hydrogens is 279 g/mol. The molecule has 0 aromatic heterocycles. The summed E-state index contributed by atoms with van der Waals surface area (Å²) >= 11 is 5.66. The van der Waals surface area contributed by atoms with Crippen molar-refractivity contribution in [1.29, 1.82) is 0 Å². The van der Waals surface area contributed by atoms with Gasteiger partial charge in [0.25, 0.3) is 0 Å². The van der Waals surface area contributed by atoms with E-state index in [1.165, 1.54) is 12.1 Å². The van der Waals surface area contributed by atoms with Gasteiger partial charge in [-0.25, -0.2) is 4.39 Å². The highest BCUT2D eigenvalue weighted by Crippen LogP contribution is 2.22. The molecule has 0 saturated heterocycles. The van der Waals surface area contributed by atoms with Crippen LogP contribution >= 0.6 is 11.6 Å². The van der Waals surface area contributed by atoms with Gasteiger partial charge in [-0.3, -0.25) is 4.79 Å². The average Bonchev–Trinajstić information content (AvgIpc) is 2.44. The van der Waals surface area contributed by atoms with Crippen molar-refractivity contribution in [2.45, 2.75) is 13.0 Å². The largest absolute Gasteiger partial charge is 0.326 e. The van der Waals surface area contributed by atoms with E-state index in [1.807, 2.05) is 24.3 Å². The minimum Gasteiger partial charge on any atom is -0.326 e. The Kier molecular flexibility index (Phi) is 4.71. The molecule has 5 heteroatoms. The second-order valence-electron chi connectivity index (χ2n) is 4.30. The van der Waals surface area contributed by atoms with Crippen LogP contribution < -0.4 is 11.1 Å². The van der Waals surface area contributed by atoms with Gasteiger partial charge in [-0.05, 0) is 23.3 Å². The quantitative estimate of drug-likeness (QED) is 0.910. The molecule has 0 spiro atoms. The molecule has 0 aliphatic carbocycles. The van der Waals surface area contributed by atoms with Gasteiger partial charge in [-0.1, -0.05) is 41.9 Å². The molecule has 0 unspecified atom stereocenters. The molecule has 1 amide bonds. The standard InChI is InChI=1S/C15H14ClFN2O/c16-12-6-3-7-13(15(12)17)19-14(20)8-10-4-1-2-5-11(10)9-18/h1-7H,8-9,18H2,(H,19,20). The smallest absolute Gasteiger partial charge is 0.228 e. The van der Waals surface area contributed by atoms with Crippen LogP contribution in [-0.4, -0.2) is 5.91 Å². The number of rotatable bonds is 4. The topological polar surface area (TPSA) is 55.1 Å². The third-order valence-electron chi connectivity index (χ3n) is 2.91. The fourth-order valence-electron chi connectivity index (χ4n) is 1.90. The van der Waals surface area contributed by atoms with Crippen LogP contribution in [0.5, 0.6) is 0 Å². The summed E-state index contributed by atoms with van der Waals surface area (Å²) in [6.07, 6.45) is 0.138. The lowest BCUT2D eigenvalue weighted by molar-refractivity contribution is -0.115. The molecule has 20 heavy (non-hydrogen) atoms. The Morgan fingerprint density at radius 1 is 1.15 bits per heavy atom. The lowest BCUT2D eigenvalue weighted by Gasteiger charge is -2.09. The van der Waals surface area contributed by atoms with Crippen LogP contribution in [0, 0.1) is 5.82 Å². The highest BCUT2D eigenvalue weighted by molar-refractivity contribution is 6.31. The number of hydrogen-bond donors (Lipinski definition) is 2. The minimum absolute atomic E-state index is 0.0230. The summed E-state index contributed by atoms with van der Waals surface area (Å²) < 4.78 is 13.7. The molecule has 104 valence electrons. The number of nitrogens with one attached hydrogen (secondary N) is 1. The van der Waals surface area contributed by atoms with E-state index < -0.39 is 5.82 Å². The first kappa shape index (κ1) is 14.5. The molecule has 0 heterocycles. The van der Waals surface area contributed by atoms with Gasteiger partial charge in [-0.15, -0.1) is 0 Å². The molecule has 0 atom stereocenters. The number of amides is 1. The predicted octanol–water partition coefficient (Wildman–Crippen LogP) is 3.12. The van der Waals surface area contributed by atoms with Crippen molar-refractivity contribution in [3.63, 3.8) is 0 Å². The summed E-state index contributed by atoms with van der Waals surface area (Å²) in [7, 11) is 0. The molecule has 0 aliphatic heterocycles. The van der Waals surface area contributed by atoms with Gasteiger partial charge in [0.15, 0.2) is 5.82 Å². The van der Waals surface area contributed by atoms with Crippen LogP contribution in [0.15, 0.2) is 42.5 Å². The summed E-state index contributed by atoms with van der Waals surface area (Å²) in [6, 6.07) is 11.9. The van der Waals surface area contributed by atoms with Crippen molar-refractivity contribution in [1.82, 2.24) is 0 Å². The normalized spacial score (nSPS) is 10.3. The summed E-state index contributed by atoms with van der Waals surface area (Å²) in [6.45, 7) is 0.356. The first-order valence-electron chi connectivity index (χ1n) is 6.12. The van der Waals surface area contributed by atoms with Gasteiger partial charge in [0.1, 0.15) is 0 Å². The fourth-order valence-corrected chi connectivity index (χ4v) is 2.07. The molecule has 0 fully saturated rings. The molecule has 2 rings (SSSR count). The Labute approximate surface area is 121 Å². The molecular formula is C15H14ClFN2O. The van der Waals surface area contributed by atoms with E-state index in [0.717, 1.165) is 11.1 Å². The van der Waals surface area contributed by atoms with Gasteiger partial charge in [0.2, 0.25) is 5.91 Å². The van der Waals surface area contributed by atoms with Gasteiger partial charge < -0.3 is 11.1 Å². The zero-order valence-corrected chi connectivity index (χ0v) is 11.5. The lowest BCUT2D eigenvalue weighted by atomic mass is 10.0. The Balaban J connectivity index is 2.11. The van der Waals surface area contributed by atoms with Crippen molar-refractivity contribution in [2.24, 2.45) is 5.73 Å². The highest BCUT2D eigenvalue weighted by atomic mass is 35.5. The molecule has 3 nitrogen and oxygen atoms in total. The van der Waals surface area contributed by atoms with E-state index in [1.54, 1.807) is 6.07 Å². The molecule has 0 bridgehead atoms. The Morgan fingerprint density at radius 2 is 1.85 bits per heavy atom. The molecule has 0 aliphatic rings. The number of carbonyl (C=O) groups is 1. The van der Waals surface area contributed by atoms with Gasteiger partial charge in [0.05, 0.1) is 17.1 Å². The number of carbonyl (C=O) groups excluding carboxylic acids is 1. The van der Waals surface area contributed by atoms with E-state index in [2.05, 4.69) is 5.32 Å². The zero-order valence-electron chi connectivity index (χ0n) is 10.7. The van der Waals surface area contributed by atoms with Crippen LogP contribution in [0.3, 0.4) is 0 Å². The maximum Gasteiger partial charge on any atom is 0.228 e. The number of anilines is 1. The van der Waals surface area contributed by atoms with Gasteiger partial charge in [0, 0.05) is 6.54 Å². The SMILES string of the molecule is NCc1ccccc1CC(=O)Nc1cccc(Cl)c1F. The second-order valence-corrected chi connectivity index (χ2v) is 4.71. The van der Waals surface area contributed by atoms with Crippen LogP contribution in [0.2, 0.25) is 5.02 Å². The van der Waals surface area contributed by atoms with E-state index in [-0.39, 0.29) is 23.0 Å². The molecule has 2 aromatic rings. The monoisotopic (exact) mass is 292 g/mol. The summed E-state index contributed by atoms with van der Waals surface area (Å²) in [4.78, 5) is 12.0. The fraction of sp³-hybridized carbons (Fsp3) is 0.133. The first-order valence-corrected chi connectivity index (χ1v) is 6.50. The van der Waals surface area contributed by atoms with Crippen molar-refractivity contribution >= 4 is 23.2 Å². The Morgan fingerprint density at radius 3 is 2.55 bits per heavy atom. The maximum absolute atomic E-state index is 13.7.